The van der Waals surface area contributed by atoms with E-state index in [0.29, 0.717) is 21.3 Å². The standard InChI is InChI=1S/C16H12Cl2N4O/c17-12-1-2-13(14(18)8-12)16(23)15(22-10-20-9-21-22)7-11-3-5-19-6-4-11/h1-10,16,23H/b15-7+. The largest absolute Gasteiger partial charge is 0.382 e. The number of aromatic nitrogens is 4. The van der Waals surface area contributed by atoms with Gasteiger partial charge in [0.05, 0.1) is 5.70 Å². The van der Waals surface area contributed by atoms with Crippen molar-refractivity contribution in [1.82, 2.24) is 19.7 Å². The molecular formula is C16H12Cl2N4O. The van der Waals surface area contributed by atoms with Gasteiger partial charge in [0.2, 0.25) is 0 Å². The maximum absolute atomic E-state index is 10.8. The van der Waals surface area contributed by atoms with Crippen LogP contribution < -0.4 is 0 Å². The smallest absolute Gasteiger partial charge is 0.138 e. The van der Waals surface area contributed by atoms with Crippen molar-refractivity contribution in [3.8, 4) is 0 Å². The van der Waals surface area contributed by atoms with Gasteiger partial charge in [0, 0.05) is 28.0 Å². The summed E-state index contributed by atoms with van der Waals surface area (Å²) in [6, 6.07) is 8.61. The lowest BCUT2D eigenvalue weighted by Crippen LogP contribution is -2.09. The van der Waals surface area contributed by atoms with Crippen LogP contribution >= 0.6 is 23.2 Å². The number of halogens is 2. The van der Waals surface area contributed by atoms with E-state index in [-0.39, 0.29) is 0 Å². The van der Waals surface area contributed by atoms with Crippen molar-refractivity contribution in [2.75, 3.05) is 0 Å². The predicted octanol–water partition coefficient (Wildman–Crippen LogP) is 3.71. The summed E-state index contributed by atoms with van der Waals surface area (Å²) in [6.45, 7) is 0. The highest BCUT2D eigenvalue weighted by Gasteiger charge is 2.19. The molecule has 2 aromatic heterocycles. The molecule has 0 fully saturated rings. The molecule has 0 amide bonds. The Morgan fingerprint density at radius 2 is 1.91 bits per heavy atom. The summed E-state index contributed by atoms with van der Waals surface area (Å²) in [7, 11) is 0. The Balaban J connectivity index is 2.07. The summed E-state index contributed by atoms with van der Waals surface area (Å²) in [6.07, 6.45) is 7.07. The van der Waals surface area contributed by atoms with Crippen LogP contribution in [0.25, 0.3) is 11.8 Å². The summed E-state index contributed by atoms with van der Waals surface area (Å²) in [4.78, 5) is 7.91. The van der Waals surface area contributed by atoms with Gasteiger partial charge in [0.25, 0.3) is 0 Å². The molecule has 0 aliphatic carbocycles. The molecule has 0 bridgehead atoms. The number of aliphatic hydroxyl groups is 1. The van der Waals surface area contributed by atoms with Gasteiger partial charge in [0.1, 0.15) is 18.8 Å². The zero-order chi connectivity index (χ0) is 16.2. The Morgan fingerprint density at radius 3 is 2.57 bits per heavy atom. The first-order valence-corrected chi connectivity index (χ1v) is 7.50. The van der Waals surface area contributed by atoms with Gasteiger partial charge < -0.3 is 5.11 Å². The molecule has 0 aliphatic heterocycles. The van der Waals surface area contributed by atoms with E-state index in [1.807, 2.05) is 12.1 Å². The van der Waals surface area contributed by atoms with Crippen molar-refractivity contribution < 1.29 is 5.11 Å². The Labute approximate surface area is 142 Å². The SMILES string of the molecule is OC(/C(=C\c1ccncc1)n1cncn1)c1ccc(Cl)cc1Cl. The maximum atomic E-state index is 10.8. The molecule has 116 valence electrons. The highest BCUT2D eigenvalue weighted by atomic mass is 35.5. The van der Waals surface area contributed by atoms with Crippen molar-refractivity contribution in [1.29, 1.82) is 0 Å². The van der Waals surface area contributed by atoms with Crippen molar-refractivity contribution >= 4 is 35.0 Å². The van der Waals surface area contributed by atoms with Gasteiger partial charge in [-0.15, -0.1) is 0 Å². The molecule has 3 aromatic rings. The van der Waals surface area contributed by atoms with Crippen LogP contribution in [-0.4, -0.2) is 24.9 Å². The third-order valence-electron chi connectivity index (χ3n) is 3.24. The fraction of sp³-hybridized carbons (Fsp3) is 0.0625. The fourth-order valence-electron chi connectivity index (χ4n) is 2.12. The lowest BCUT2D eigenvalue weighted by Gasteiger charge is -2.17. The van der Waals surface area contributed by atoms with Gasteiger partial charge >= 0.3 is 0 Å². The monoisotopic (exact) mass is 346 g/mol. The Morgan fingerprint density at radius 1 is 1.13 bits per heavy atom. The van der Waals surface area contributed by atoms with Crippen LogP contribution in [0, 0.1) is 0 Å². The Kier molecular flexibility index (Phi) is 4.71. The van der Waals surface area contributed by atoms with Gasteiger partial charge in [0.15, 0.2) is 0 Å². The zero-order valence-electron chi connectivity index (χ0n) is 11.8. The van der Waals surface area contributed by atoms with E-state index in [1.54, 1.807) is 36.7 Å². The molecule has 1 unspecified atom stereocenters. The molecule has 1 atom stereocenters. The predicted molar refractivity (Wildman–Crippen MR) is 89.8 cm³/mol. The van der Waals surface area contributed by atoms with Crippen LogP contribution in [0.4, 0.5) is 0 Å². The summed E-state index contributed by atoms with van der Waals surface area (Å²) in [5.74, 6) is 0. The average molecular weight is 347 g/mol. The summed E-state index contributed by atoms with van der Waals surface area (Å²) >= 11 is 12.1. The van der Waals surface area contributed by atoms with Crippen molar-refractivity contribution in [3.05, 3.63) is 76.6 Å². The van der Waals surface area contributed by atoms with Gasteiger partial charge in [-0.25, -0.2) is 9.67 Å². The average Bonchev–Trinajstić information content (AvgIpc) is 3.07. The molecule has 1 aromatic carbocycles. The van der Waals surface area contributed by atoms with Crippen LogP contribution in [0.2, 0.25) is 10.0 Å². The first-order chi connectivity index (χ1) is 11.1. The van der Waals surface area contributed by atoms with E-state index in [0.717, 1.165) is 5.56 Å². The van der Waals surface area contributed by atoms with Gasteiger partial charge in [-0.3, -0.25) is 4.98 Å². The first-order valence-electron chi connectivity index (χ1n) is 6.75. The maximum Gasteiger partial charge on any atom is 0.138 e. The Bertz CT molecular complexity index is 819. The number of benzene rings is 1. The molecule has 5 nitrogen and oxygen atoms in total. The number of aliphatic hydroxyl groups excluding tert-OH is 1. The third-order valence-corrected chi connectivity index (χ3v) is 3.80. The van der Waals surface area contributed by atoms with Gasteiger partial charge in [-0.1, -0.05) is 29.3 Å². The minimum Gasteiger partial charge on any atom is -0.382 e. The molecule has 0 saturated carbocycles. The summed E-state index contributed by atoms with van der Waals surface area (Å²) in [5.41, 5.74) is 1.92. The normalized spacial score (nSPS) is 13.1. The third kappa shape index (κ3) is 3.59. The topological polar surface area (TPSA) is 63.8 Å². The van der Waals surface area contributed by atoms with Gasteiger partial charge in [-0.05, 0) is 35.9 Å². The number of pyridine rings is 1. The van der Waals surface area contributed by atoms with E-state index >= 15 is 0 Å². The number of hydrogen-bond acceptors (Lipinski definition) is 4. The van der Waals surface area contributed by atoms with Crippen molar-refractivity contribution in [2.24, 2.45) is 0 Å². The second-order valence-corrected chi connectivity index (χ2v) is 5.60. The highest BCUT2D eigenvalue weighted by Crippen LogP contribution is 2.33. The molecule has 7 heteroatoms. The van der Waals surface area contributed by atoms with Crippen LogP contribution in [0.5, 0.6) is 0 Å². The molecule has 23 heavy (non-hydrogen) atoms. The van der Waals surface area contributed by atoms with E-state index < -0.39 is 6.10 Å². The quantitative estimate of drug-likeness (QED) is 0.781. The van der Waals surface area contributed by atoms with E-state index in [9.17, 15) is 5.11 Å². The van der Waals surface area contributed by atoms with E-state index in [4.69, 9.17) is 23.2 Å². The van der Waals surface area contributed by atoms with Crippen LogP contribution in [0.15, 0.2) is 55.4 Å². The first kappa shape index (κ1) is 15.7. The van der Waals surface area contributed by atoms with Gasteiger partial charge in [-0.2, -0.15) is 5.10 Å². The summed E-state index contributed by atoms with van der Waals surface area (Å²) in [5, 5.41) is 15.8. The lowest BCUT2D eigenvalue weighted by atomic mass is 10.0. The van der Waals surface area contributed by atoms with Crippen LogP contribution in [0.1, 0.15) is 17.2 Å². The molecule has 2 heterocycles. The molecule has 3 rings (SSSR count). The Hall–Kier alpha value is -2.21. The second kappa shape index (κ2) is 6.91. The minimum absolute atomic E-state index is 0.380. The van der Waals surface area contributed by atoms with Crippen molar-refractivity contribution in [3.63, 3.8) is 0 Å². The number of nitrogens with zero attached hydrogens (tertiary/aromatic N) is 4. The number of hydrogen-bond donors (Lipinski definition) is 1. The number of rotatable bonds is 4. The second-order valence-electron chi connectivity index (χ2n) is 4.76. The molecule has 1 N–H and O–H groups in total. The fourth-order valence-corrected chi connectivity index (χ4v) is 2.64. The molecule has 0 aliphatic rings. The van der Waals surface area contributed by atoms with Crippen molar-refractivity contribution in [2.45, 2.75) is 6.10 Å². The summed E-state index contributed by atoms with van der Waals surface area (Å²) < 4.78 is 1.50. The molecule has 0 spiro atoms. The minimum atomic E-state index is -0.991. The van der Waals surface area contributed by atoms with E-state index in [1.165, 1.54) is 17.3 Å². The zero-order valence-corrected chi connectivity index (χ0v) is 13.4. The lowest BCUT2D eigenvalue weighted by molar-refractivity contribution is 0.231. The highest BCUT2D eigenvalue weighted by molar-refractivity contribution is 6.35. The van der Waals surface area contributed by atoms with Crippen LogP contribution in [0.3, 0.4) is 0 Å². The molecule has 0 saturated heterocycles. The molecular weight excluding hydrogens is 335 g/mol. The molecule has 0 radical (unpaired) electrons. The van der Waals surface area contributed by atoms with Crippen LogP contribution in [-0.2, 0) is 0 Å². The van der Waals surface area contributed by atoms with E-state index in [2.05, 4.69) is 15.1 Å².